The molecule has 1 aromatic carbocycles. The SMILES string of the molecule is c1cc(-c2n[nH]c(C3CC3)n2)c2nccnc2c1. The van der Waals surface area contributed by atoms with Crippen LogP contribution in [0.3, 0.4) is 0 Å². The molecule has 0 unspecified atom stereocenters. The largest absolute Gasteiger partial charge is 0.262 e. The van der Waals surface area contributed by atoms with Gasteiger partial charge in [-0.1, -0.05) is 6.07 Å². The molecule has 0 aliphatic heterocycles. The maximum Gasteiger partial charge on any atom is 0.183 e. The number of aromatic nitrogens is 5. The topological polar surface area (TPSA) is 67.3 Å². The molecule has 88 valence electrons. The van der Waals surface area contributed by atoms with Crippen molar-refractivity contribution in [2.75, 3.05) is 0 Å². The average Bonchev–Trinajstić information content (AvgIpc) is 3.16. The van der Waals surface area contributed by atoms with Crippen LogP contribution in [0.4, 0.5) is 0 Å². The molecule has 1 aliphatic rings. The second kappa shape index (κ2) is 3.60. The number of hydrogen-bond acceptors (Lipinski definition) is 4. The lowest BCUT2D eigenvalue weighted by Crippen LogP contribution is -1.88. The highest BCUT2D eigenvalue weighted by Gasteiger charge is 2.27. The molecule has 2 aromatic heterocycles. The maximum absolute atomic E-state index is 4.56. The van der Waals surface area contributed by atoms with E-state index >= 15 is 0 Å². The molecule has 2 heterocycles. The lowest BCUT2D eigenvalue weighted by atomic mass is 10.1. The van der Waals surface area contributed by atoms with E-state index in [1.54, 1.807) is 12.4 Å². The molecule has 3 aromatic rings. The average molecular weight is 237 g/mol. The van der Waals surface area contributed by atoms with E-state index in [9.17, 15) is 0 Å². The first-order valence-electron chi connectivity index (χ1n) is 6.04. The van der Waals surface area contributed by atoms with Gasteiger partial charge in [-0.3, -0.25) is 15.1 Å². The van der Waals surface area contributed by atoms with Crippen LogP contribution < -0.4 is 0 Å². The van der Waals surface area contributed by atoms with Crippen molar-refractivity contribution < 1.29 is 0 Å². The van der Waals surface area contributed by atoms with E-state index in [0.29, 0.717) is 11.7 Å². The van der Waals surface area contributed by atoms with E-state index in [1.807, 2.05) is 18.2 Å². The molecule has 0 saturated heterocycles. The standard InChI is InChI=1S/C13H11N5/c1-2-9(11-10(3-1)14-6-7-15-11)13-16-12(17-18-13)8-4-5-8/h1-3,6-8H,4-5H2,(H,16,17,18). The van der Waals surface area contributed by atoms with E-state index in [2.05, 4.69) is 25.1 Å². The minimum absolute atomic E-state index is 0.576. The summed E-state index contributed by atoms with van der Waals surface area (Å²) in [6.45, 7) is 0. The molecule has 0 radical (unpaired) electrons. The molecular formula is C13H11N5. The summed E-state index contributed by atoms with van der Waals surface area (Å²) in [4.78, 5) is 13.2. The van der Waals surface area contributed by atoms with Gasteiger partial charge in [-0.15, -0.1) is 0 Å². The molecule has 0 amide bonds. The Bertz CT molecular complexity index is 709. The zero-order valence-corrected chi connectivity index (χ0v) is 9.67. The van der Waals surface area contributed by atoms with Gasteiger partial charge < -0.3 is 0 Å². The zero-order chi connectivity index (χ0) is 11.9. The molecule has 5 heteroatoms. The van der Waals surface area contributed by atoms with Crippen molar-refractivity contribution in [2.24, 2.45) is 0 Å². The number of nitrogens with one attached hydrogen (secondary N) is 1. The predicted octanol–water partition coefficient (Wildman–Crippen LogP) is 2.29. The third-order valence-electron chi connectivity index (χ3n) is 3.21. The van der Waals surface area contributed by atoms with E-state index in [1.165, 1.54) is 12.8 Å². The molecule has 5 nitrogen and oxygen atoms in total. The highest BCUT2D eigenvalue weighted by molar-refractivity contribution is 5.88. The van der Waals surface area contributed by atoms with Crippen LogP contribution in [0, 0.1) is 0 Å². The van der Waals surface area contributed by atoms with Crippen LogP contribution in [0.1, 0.15) is 24.6 Å². The molecule has 4 rings (SSSR count). The number of fused-ring (bicyclic) bond motifs is 1. The fourth-order valence-corrected chi connectivity index (χ4v) is 2.11. The monoisotopic (exact) mass is 237 g/mol. The molecule has 18 heavy (non-hydrogen) atoms. The summed E-state index contributed by atoms with van der Waals surface area (Å²) < 4.78 is 0. The van der Waals surface area contributed by atoms with Crippen LogP contribution in [0.25, 0.3) is 22.4 Å². The summed E-state index contributed by atoms with van der Waals surface area (Å²) in [6.07, 6.45) is 5.81. The third kappa shape index (κ3) is 1.48. The summed E-state index contributed by atoms with van der Waals surface area (Å²) in [6, 6.07) is 5.89. The van der Waals surface area contributed by atoms with E-state index < -0.39 is 0 Å². The quantitative estimate of drug-likeness (QED) is 0.742. The van der Waals surface area contributed by atoms with Crippen molar-refractivity contribution >= 4 is 11.0 Å². The van der Waals surface area contributed by atoms with Gasteiger partial charge in [-0.2, -0.15) is 5.10 Å². The fourth-order valence-electron chi connectivity index (χ4n) is 2.11. The molecule has 0 spiro atoms. The molecule has 1 aliphatic carbocycles. The van der Waals surface area contributed by atoms with Gasteiger partial charge in [0.25, 0.3) is 0 Å². The lowest BCUT2D eigenvalue weighted by Gasteiger charge is -2.00. The molecule has 1 saturated carbocycles. The number of para-hydroxylation sites is 1. The molecule has 1 fully saturated rings. The van der Waals surface area contributed by atoms with Crippen molar-refractivity contribution in [3.05, 3.63) is 36.4 Å². The van der Waals surface area contributed by atoms with Gasteiger partial charge in [-0.05, 0) is 25.0 Å². The zero-order valence-electron chi connectivity index (χ0n) is 9.67. The van der Waals surface area contributed by atoms with Gasteiger partial charge in [0, 0.05) is 23.9 Å². The van der Waals surface area contributed by atoms with Crippen molar-refractivity contribution in [3.8, 4) is 11.4 Å². The number of benzene rings is 1. The Hall–Kier alpha value is -2.30. The minimum Gasteiger partial charge on any atom is -0.262 e. The number of nitrogens with zero attached hydrogens (tertiary/aromatic N) is 4. The Morgan fingerprint density at radius 2 is 2.00 bits per heavy atom. The third-order valence-corrected chi connectivity index (χ3v) is 3.21. The number of rotatable bonds is 2. The van der Waals surface area contributed by atoms with Gasteiger partial charge in [0.1, 0.15) is 5.82 Å². The van der Waals surface area contributed by atoms with Crippen LogP contribution in [-0.2, 0) is 0 Å². The first-order chi connectivity index (χ1) is 8.92. The Balaban J connectivity index is 1.89. The van der Waals surface area contributed by atoms with Crippen molar-refractivity contribution in [1.29, 1.82) is 0 Å². The fraction of sp³-hybridized carbons (Fsp3) is 0.231. The van der Waals surface area contributed by atoms with Crippen LogP contribution in [0.2, 0.25) is 0 Å². The normalized spacial score (nSPS) is 15.1. The van der Waals surface area contributed by atoms with Crippen LogP contribution in [0.15, 0.2) is 30.6 Å². The van der Waals surface area contributed by atoms with E-state index in [-0.39, 0.29) is 0 Å². The summed E-state index contributed by atoms with van der Waals surface area (Å²) >= 11 is 0. The summed E-state index contributed by atoms with van der Waals surface area (Å²) in [5.41, 5.74) is 2.65. The number of hydrogen-bond donors (Lipinski definition) is 1. The van der Waals surface area contributed by atoms with E-state index in [0.717, 1.165) is 22.4 Å². The summed E-state index contributed by atoms with van der Waals surface area (Å²) in [7, 11) is 0. The Labute approximate surface area is 103 Å². The van der Waals surface area contributed by atoms with Crippen molar-refractivity contribution in [3.63, 3.8) is 0 Å². The minimum atomic E-state index is 0.576. The lowest BCUT2D eigenvalue weighted by molar-refractivity contribution is 0.935. The van der Waals surface area contributed by atoms with Crippen LogP contribution >= 0.6 is 0 Å². The Morgan fingerprint density at radius 3 is 2.89 bits per heavy atom. The molecular weight excluding hydrogens is 226 g/mol. The molecule has 0 bridgehead atoms. The Morgan fingerprint density at radius 1 is 1.11 bits per heavy atom. The first-order valence-corrected chi connectivity index (χ1v) is 6.04. The van der Waals surface area contributed by atoms with Gasteiger partial charge in [0.05, 0.1) is 11.0 Å². The smallest absolute Gasteiger partial charge is 0.183 e. The van der Waals surface area contributed by atoms with Crippen LogP contribution in [0.5, 0.6) is 0 Å². The van der Waals surface area contributed by atoms with Gasteiger partial charge in [0.15, 0.2) is 5.82 Å². The number of aromatic amines is 1. The predicted molar refractivity (Wildman–Crippen MR) is 66.9 cm³/mol. The summed E-state index contributed by atoms with van der Waals surface area (Å²) in [5.74, 6) is 2.28. The second-order valence-electron chi connectivity index (χ2n) is 4.55. The van der Waals surface area contributed by atoms with Gasteiger partial charge in [0.2, 0.25) is 0 Å². The first kappa shape index (κ1) is 9.70. The van der Waals surface area contributed by atoms with Crippen LogP contribution in [-0.4, -0.2) is 25.1 Å². The Kier molecular flexibility index (Phi) is 1.94. The van der Waals surface area contributed by atoms with Crippen molar-refractivity contribution in [1.82, 2.24) is 25.1 Å². The second-order valence-corrected chi connectivity index (χ2v) is 4.55. The van der Waals surface area contributed by atoms with E-state index in [4.69, 9.17) is 0 Å². The molecule has 1 N–H and O–H groups in total. The number of H-pyrrole nitrogens is 1. The summed E-state index contributed by atoms with van der Waals surface area (Å²) in [5, 5.41) is 7.32. The molecule has 0 atom stereocenters. The van der Waals surface area contributed by atoms with Gasteiger partial charge >= 0.3 is 0 Å². The highest BCUT2D eigenvalue weighted by atomic mass is 15.2. The van der Waals surface area contributed by atoms with Crippen molar-refractivity contribution in [2.45, 2.75) is 18.8 Å². The highest BCUT2D eigenvalue weighted by Crippen LogP contribution is 2.38. The maximum atomic E-state index is 4.56. The van der Waals surface area contributed by atoms with Gasteiger partial charge in [-0.25, -0.2) is 4.98 Å².